The number of hydrogen-bond donors (Lipinski definition) is 1. The first-order valence-electron chi connectivity index (χ1n) is 7.14. The van der Waals surface area contributed by atoms with Gasteiger partial charge in [0, 0.05) is 0 Å². The maximum Gasteiger partial charge on any atom is 0.0990 e. The van der Waals surface area contributed by atoms with Gasteiger partial charge in [-0.15, -0.1) is 0 Å². The van der Waals surface area contributed by atoms with Crippen LogP contribution >= 0.6 is 0 Å². The highest BCUT2D eigenvalue weighted by atomic mass is 19.0. The number of quaternary nitrogens is 1. The Labute approximate surface area is 106 Å². The molecule has 0 radical (unpaired) electrons. The molecule has 1 N–H and O–H groups in total. The molecule has 1 aliphatic rings. The third-order valence-electron chi connectivity index (χ3n) is 3.30. The number of nitrogens with one attached hydrogen (secondary N) is 1. The first-order chi connectivity index (χ1) is 7.93. The highest BCUT2D eigenvalue weighted by molar-refractivity contribution is 5.00. The summed E-state index contributed by atoms with van der Waals surface area (Å²) in [5, 5.41) is 0. The van der Waals surface area contributed by atoms with Crippen molar-refractivity contribution in [1.29, 1.82) is 0 Å². The lowest BCUT2D eigenvalue weighted by Crippen LogP contribution is -3.01. The normalized spacial score (nSPS) is 14.2. The lowest BCUT2D eigenvalue weighted by molar-refractivity contribution is -0.787. The zero-order chi connectivity index (χ0) is 11.5. The van der Waals surface area contributed by atoms with Gasteiger partial charge in [0.2, 0.25) is 0 Å². The molecule has 0 atom stereocenters. The molecule has 1 nitrogen and oxygen atoms in total. The Morgan fingerprint density at radius 1 is 0.706 bits per heavy atom. The zero-order valence-corrected chi connectivity index (χ0v) is 11.3. The van der Waals surface area contributed by atoms with Crippen LogP contribution in [0.2, 0.25) is 0 Å². The maximum absolute atomic E-state index is 2.28. The monoisotopic (exact) mass is 241 g/mol. The first-order valence-corrected chi connectivity index (χ1v) is 7.14. The topological polar surface area (TPSA) is 4.44 Å². The highest BCUT2D eigenvalue weighted by Gasteiger charge is 2.02. The predicted octanol–water partition coefficient (Wildman–Crippen LogP) is 0.447. The Morgan fingerprint density at radius 3 is 1.71 bits per heavy atom. The van der Waals surface area contributed by atoms with E-state index in [0.717, 1.165) is 0 Å². The minimum atomic E-state index is 0. The van der Waals surface area contributed by atoms with E-state index < -0.39 is 0 Å². The summed E-state index contributed by atoms with van der Waals surface area (Å²) in [5.74, 6) is 0. The third kappa shape index (κ3) is 9.11. The fourth-order valence-electron chi connectivity index (χ4n) is 2.22. The molecule has 0 aromatic carbocycles. The molecule has 2 heteroatoms. The summed E-state index contributed by atoms with van der Waals surface area (Å²) < 4.78 is 0. The summed E-state index contributed by atoms with van der Waals surface area (Å²) in [7, 11) is 0. The Morgan fingerprint density at radius 2 is 1.18 bits per heavy atom. The Bertz CT molecular complexity index is 199. The molecule has 1 rings (SSSR count). The number of halogens is 1. The Hall–Kier alpha value is -0.630. The minimum absolute atomic E-state index is 0. The van der Waals surface area contributed by atoms with E-state index in [1.54, 1.807) is 0 Å². The van der Waals surface area contributed by atoms with Crippen molar-refractivity contribution in [3.8, 4) is 0 Å². The molecule has 0 saturated heterocycles. The Kier molecular flexibility index (Phi) is 11.4. The largest absolute Gasteiger partial charge is 1.00 e. The number of hydrogen-bond acceptors (Lipinski definition) is 0. The number of rotatable bonds is 10. The molecule has 17 heavy (non-hydrogen) atoms. The van der Waals surface area contributed by atoms with Crippen LogP contribution in [0.5, 0.6) is 0 Å². The van der Waals surface area contributed by atoms with Crippen LogP contribution in [0.15, 0.2) is 24.6 Å². The molecule has 0 bridgehead atoms. The van der Waals surface area contributed by atoms with Crippen molar-refractivity contribution in [3.05, 3.63) is 24.6 Å². The molecule has 0 amide bonds. The molecular weight excluding hydrogens is 213 g/mol. The zero-order valence-electron chi connectivity index (χ0n) is 11.3. The van der Waals surface area contributed by atoms with Crippen molar-refractivity contribution in [2.45, 2.75) is 64.7 Å². The average molecular weight is 241 g/mol. The molecule has 0 fully saturated rings. The number of allylic oxidation sites excluding steroid dienone is 2. The summed E-state index contributed by atoms with van der Waals surface area (Å²) in [6.07, 6.45) is 21.6. The summed E-state index contributed by atoms with van der Waals surface area (Å²) in [5.41, 5.74) is 0. The van der Waals surface area contributed by atoms with E-state index in [0.29, 0.717) is 0 Å². The van der Waals surface area contributed by atoms with Crippen molar-refractivity contribution in [2.75, 3.05) is 6.54 Å². The van der Waals surface area contributed by atoms with Crippen LogP contribution in [0.25, 0.3) is 0 Å². The quantitative estimate of drug-likeness (QED) is 0.530. The molecule has 0 unspecified atom stereocenters. The van der Waals surface area contributed by atoms with Crippen molar-refractivity contribution in [1.82, 2.24) is 0 Å². The van der Waals surface area contributed by atoms with Crippen molar-refractivity contribution in [3.63, 3.8) is 0 Å². The number of unbranched alkanes of at least 4 members (excludes halogenated alkanes) is 8. The predicted molar refractivity (Wildman–Crippen MR) is 71.3 cm³/mol. The second-order valence-electron chi connectivity index (χ2n) is 4.87. The van der Waals surface area contributed by atoms with Crippen LogP contribution in [0.4, 0.5) is 0 Å². The third-order valence-corrected chi connectivity index (χ3v) is 3.30. The van der Waals surface area contributed by atoms with Gasteiger partial charge >= 0.3 is 0 Å². The van der Waals surface area contributed by atoms with Gasteiger partial charge in [-0.2, -0.15) is 0 Å². The van der Waals surface area contributed by atoms with E-state index in [1.807, 2.05) is 0 Å². The second kappa shape index (κ2) is 11.8. The molecule has 1 aliphatic heterocycles. The van der Waals surface area contributed by atoms with Crippen LogP contribution < -0.4 is 9.60 Å². The summed E-state index contributed by atoms with van der Waals surface area (Å²) in [6, 6.07) is 0. The SMILES string of the molecule is CCCCCCCCCCC[NH+]1C=CC=C1.[F-]. The van der Waals surface area contributed by atoms with Gasteiger partial charge in [0.1, 0.15) is 0 Å². The standard InChI is InChI=1S/C15H27N.FH/c1-2-3-4-5-6-7-8-9-10-13-16-14-11-12-15-16;/h11-12,14-15H,2-10,13H2,1H3;1H. The van der Waals surface area contributed by atoms with Crippen LogP contribution in [0.3, 0.4) is 0 Å². The van der Waals surface area contributed by atoms with Gasteiger partial charge in [0.15, 0.2) is 0 Å². The maximum atomic E-state index is 2.28. The van der Waals surface area contributed by atoms with Gasteiger partial charge in [0.05, 0.1) is 18.9 Å². The van der Waals surface area contributed by atoms with Crippen molar-refractivity contribution in [2.24, 2.45) is 0 Å². The fourth-order valence-corrected chi connectivity index (χ4v) is 2.22. The van der Waals surface area contributed by atoms with Crippen LogP contribution in [0, 0.1) is 0 Å². The molecule has 0 spiro atoms. The minimum Gasteiger partial charge on any atom is -1.00 e. The van der Waals surface area contributed by atoms with Gasteiger partial charge < -0.3 is 4.70 Å². The van der Waals surface area contributed by atoms with E-state index >= 15 is 0 Å². The molecule has 0 aliphatic carbocycles. The van der Waals surface area contributed by atoms with Gasteiger partial charge in [-0.05, 0) is 25.0 Å². The fraction of sp³-hybridized carbons (Fsp3) is 0.733. The van der Waals surface area contributed by atoms with Crippen molar-refractivity contribution < 1.29 is 9.60 Å². The molecular formula is C15H28FN. The summed E-state index contributed by atoms with van der Waals surface area (Å²) >= 11 is 0. The van der Waals surface area contributed by atoms with E-state index in [-0.39, 0.29) is 4.70 Å². The first kappa shape index (κ1) is 16.4. The highest BCUT2D eigenvalue weighted by Crippen LogP contribution is 2.08. The molecule has 0 aromatic heterocycles. The van der Waals surface area contributed by atoms with Gasteiger partial charge in [-0.1, -0.05) is 51.9 Å². The second-order valence-corrected chi connectivity index (χ2v) is 4.87. The molecule has 1 heterocycles. The lowest BCUT2D eigenvalue weighted by Gasteiger charge is -2.06. The Balaban J connectivity index is 0.00000256. The van der Waals surface area contributed by atoms with E-state index in [2.05, 4.69) is 31.5 Å². The van der Waals surface area contributed by atoms with Gasteiger partial charge in [-0.3, -0.25) is 4.90 Å². The smallest absolute Gasteiger partial charge is 0.0990 e. The molecule has 0 saturated carbocycles. The van der Waals surface area contributed by atoms with Crippen molar-refractivity contribution >= 4 is 0 Å². The van der Waals surface area contributed by atoms with E-state index in [4.69, 9.17) is 0 Å². The summed E-state index contributed by atoms with van der Waals surface area (Å²) in [6.45, 7) is 3.56. The van der Waals surface area contributed by atoms with E-state index in [1.165, 1.54) is 69.2 Å². The molecule has 0 aromatic rings. The van der Waals surface area contributed by atoms with Crippen LogP contribution in [0.1, 0.15) is 64.7 Å². The summed E-state index contributed by atoms with van der Waals surface area (Å²) in [4.78, 5) is 1.52. The van der Waals surface area contributed by atoms with Crippen LogP contribution in [-0.4, -0.2) is 6.54 Å². The average Bonchev–Trinajstić information content (AvgIpc) is 2.80. The van der Waals surface area contributed by atoms with E-state index in [9.17, 15) is 0 Å². The van der Waals surface area contributed by atoms with Gasteiger partial charge in [0.25, 0.3) is 0 Å². The van der Waals surface area contributed by atoms with Crippen LogP contribution in [-0.2, 0) is 0 Å². The lowest BCUT2D eigenvalue weighted by atomic mass is 10.1. The van der Waals surface area contributed by atoms with Gasteiger partial charge in [-0.25, -0.2) is 0 Å². The molecule has 100 valence electrons.